The highest BCUT2D eigenvalue weighted by molar-refractivity contribution is 7.13. The quantitative estimate of drug-likeness (QED) is 0.627. The second kappa shape index (κ2) is 8.47. The molecule has 2 aromatic heterocycles. The van der Waals surface area contributed by atoms with Gasteiger partial charge >= 0.3 is 0 Å². The van der Waals surface area contributed by atoms with E-state index in [2.05, 4.69) is 4.98 Å². The molecule has 7 nitrogen and oxygen atoms in total. The lowest BCUT2D eigenvalue weighted by molar-refractivity contribution is -0.132. The Morgan fingerprint density at radius 1 is 1.10 bits per heavy atom. The number of carbonyl (C=O) groups is 2. The van der Waals surface area contributed by atoms with Crippen molar-refractivity contribution in [3.63, 3.8) is 0 Å². The van der Waals surface area contributed by atoms with Crippen LogP contribution in [-0.4, -0.2) is 52.9 Å². The normalized spacial score (nSPS) is 16.1. The van der Waals surface area contributed by atoms with Gasteiger partial charge in [-0.05, 0) is 49.6 Å². The number of benzene rings is 1. The summed E-state index contributed by atoms with van der Waals surface area (Å²) in [7, 11) is 0. The first-order valence-corrected chi connectivity index (χ1v) is 11.3. The molecule has 1 aromatic carbocycles. The average molecular weight is 435 g/mol. The van der Waals surface area contributed by atoms with Crippen molar-refractivity contribution in [3.8, 4) is 27.7 Å². The van der Waals surface area contributed by atoms with Crippen LogP contribution in [0.1, 0.15) is 19.3 Å². The van der Waals surface area contributed by atoms with Gasteiger partial charge in [-0.2, -0.15) is 0 Å². The molecule has 0 N–H and O–H groups in total. The first-order chi connectivity index (χ1) is 15.2. The highest BCUT2D eigenvalue weighted by Crippen LogP contribution is 2.37. The number of piperidine rings is 1. The molecule has 0 saturated carbocycles. The molecule has 0 aliphatic carbocycles. The summed E-state index contributed by atoms with van der Waals surface area (Å²) >= 11 is 1.52. The zero-order chi connectivity index (χ0) is 21.2. The Balaban J connectivity index is 1.42. The third-order valence-electron chi connectivity index (χ3n) is 5.59. The zero-order valence-electron chi connectivity index (χ0n) is 17.0. The van der Waals surface area contributed by atoms with Crippen LogP contribution in [0.4, 0.5) is 5.69 Å². The molecule has 0 bridgehead atoms. The number of likely N-dealkylation sites (tertiary alicyclic amines) is 1. The number of fused-ring (bicyclic) bond motifs is 1. The van der Waals surface area contributed by atoms with Gasteiger partial charge in [-0.25, -0.2) is 4.98 Å². The number of aromatic nitrogens is 2. The van der Waals surface area contributed by atoms with Gasteiger partial charge in [0.15, 0.2) is 6.61 Å². The minimum Gasteiger partial charge on any atom is -0.482 e. The van der Waals surface area contributed by atoms with E-state index in [4.69, 9.17) is 9.72 Å². The van der Waals surface area contributed by atoms with Crippen molar-refractivity contribution in [2.24, 2.45) is 0 Å². The van der Waals surface area contributed by atoms with Crippen molar-refractivity contribution < 1.29 is 14.3 Å². The first kappa shape index (κ1) is 19.7. The Hall–Kier alpha value is -3.26. The molecule has 0 spiro atoms. The summed E-state index contributed by atoms with van der Waals surface area (Å²) in [6.07, 6.45) is 4.94. The lowest BCUT2D eigenvalue weighted by Gasteiger charge is -2.32. The number of rotatable bonds is 4. The van der Waals surface area contributed by atoms with Crippen LogP contribution in [0.25, 0.3) is 22.0 Å². The molecule has 2 aliphatic heterocycles. The molecule has 31 heavy (non-hydrogen) atoms. The van der Waals surface area contributed by atoms with E-state index < -0.39 is 0 Å². The predicted octanol–water partition coefficient (Wildman–Crippen LogP) is 3.61. The van der Waals surface area contributed by atoms with Gasteiger partial charge in [-0.15, -0.1) is 11.3 Å². The minimum absolute atomic E-state index is 0.0163. The van der Waals surface area contributed by atoms with Gasteiger partial charge in [0.25, 0.3) is 5.91 Å². The number of carbonyl (C=O) groups excluding carboxylic acids is 2. The lowest BCUT2D eigenvalue weighted by Crippen LogP contribution is -2.47. The molecule has 2 amide bonds. The van der Waals surface area contributed by atoms with Crippen molar-refractivity contribution in [2.45, 2.75) is 19.3 Å². The Labute approximate surface area is 184 Å². The Kier molecular flexibility index (Phi) is 5.38. The van der Waals surface area contributed by atoms with Crippen LogP contribution in [0.3, 0.4) is 0 Å². The van der Waals surface area contributed by atoms with E-state index in [1.54, 1.807) is 11.1 Å². The maximum absolute atomic E-state index is 12.8. The number of anilines is 1. The predicted molar refractivity (Wildman–Crippen MR) is 119 cm³/mol. The largest absolute Gasteiger partial charge is 0.482 e. The third-order valence-corrected chi connectivity index (χ3v) is 6.45. The van der Waals surface area contributed by atoms with E-state index >= 15 is 0 Å². The summed E-state index contributed by atoms with van der Waals surface area (Å²) in [5.74, 6) is 0.384. The summed E-state index contributed by atoms with van der Waals surface area (Å²) in [5, 5.41) is 2.80. The fourth-order valence-electron chi connectivity index (χ4n) is 3.93. The van der Waals surface area contributed by atoms with Gasteiger partial charge in [0.05, 0.1) is 17.1 Å². The number of hydrogen-bond acceptors (Lipinski definition) is 6. The topological polar surface area (TPSA) is 75.6 Å². The van der Waals surface area contributed by atoms with Crippen molar-refractivity contribution >= 4 is 28.8 Å². The van der Waals surface area contributed by atoms with Crippen molar-refractivity contribution in [3.05, 3.63) is 48.0 Å². The average Bonchev–Trinajstić information content (AvgIpc) is 3.32. The summed E-state index contributed by atoms with van der Waals surface area (Å²) in [4.78, 5) is 37.9. The smallest absolute Gasteiger partial charge is 0.265 e. The monoisotopic (exact) mass is 434 g/mol. The van der Waals surface area contributed by atoms with Gasteiger partial charge in [0.2, 0.25) is 5.91 Å². The number of pyridine rings is 1. The molecule has 2 aliphatic rings. The maximum Gasteiger partial charge on any atom is 0.265 e. The third kappa shape index (κ3) is 4.03. The van der Waals surface area contributed by atoms with E-state index in [1.807, 2.05) is 46.7 Å². The Morgan fingerprint density at radius 2 is 1.97 bits per heavy atom. The van der Waals surface area contributed by atoms with E-state index in [0.717, 1.165) is 54.3 Å². The summed E-state index contributed by atoms with van der Waals surface area (Å²) in [5.41, 5.74) is 3.11. The van der Waals surface area contributed by atoms with Gasteiger partial charge in [-0.1, -0.05) is 6.07 Å². The van der Waals surface area contributed by atoms with Gasteiger partial charge in [0.1, 0.15) is 17.3 Å². The van der Waals surface area contributed by atoms with Gasteiger partial charge < -0.3 is 9.64 Å². The standard InChI is InChI=1S/C23H22N4O3S/c28-21(26-10-4-1-5-11-26)13-27-19-12-16(7-8-20(19)30-14-22(27)29)18-15-31-23(25-18)17-6-2-3-9-24-17/h2-3,6-9,12,15H,1,4-5,10-11,13-14H2. The summed E-state index contributed by atoms with van der Waals surface area (Å²) in [6.45, 7) is 1.51. The number of amides is 2. The molecule has 158 valence electrons. The molecule has 0 unspecified atom stereocenters. The molecular weight excluding hydrogens is 412 g/mol. The first-order valence-electron chi connectivity index (χ1n) is 10.4. The molecule has 3 aromatic rings. The van der Waals surface area contributed by atoms with E-state index in [0.29, 0.717) is 11.4 Å². The number of thiazole rings is 1. The Morgan fingerprint density at radius 3 is 2.77 bits per heavy atom. The second-order valence-electron chi connectivity index (χ2n) is 7.65. The van der Waals surface area contributed by atoms with E-state index in [9.17, 15) is 9.59 Å². The second-order valence-corrected chi connectivity index (χ2v) is 8.50. The van der Waals surface area contributed by atoms with Gasteiger partial charge in [-0.3, -0.25) is 19.5 Å². The zero-order valence-corrected chi connectivity index (χ0v) is 17.8. The fraction of sp³-hybridized carbons (Fsp3) is 0.304. The van der Waals surface area contributed by atoms with Crippen molar-refractivity contribution in [1.82, 2.24) is 14.9 Å². The molecule has 0 atom stereocenters. The summed E-state index contributed by atoms with van der Waals surface area (Å²) in [6, 6.07) is 11.4. The van der Waals surface area contributed by atoms with Crippen molar-refractivity contribution in [2.75, 3.05) is 31.1 Å². The van der Waals surface area contributed by atoms with Crippen LogP contribution in [-0.2, 0) is 9.59 Å². The molecule has 8 heteroatoms. The van der Waals surface area contributed by atoms with Crippen LogP contribution < -0.4 is 9.64 Å². The van der Waals surface area contributed by atoms with E-state index in [1.165, 1.54) is 11.3 Å². The minimum atomic E-state index is -0.206. The summed E-state index contributed by atoms with van der Waals surface area (Å²) < 4.78 is 5.61. The maximum atomic E-state index is 12.8. The van der Waals surface area contributed by atoms with Crippen LogP contribution in [0.15, 0.2) is 48.0 Å². The number of ether oxygens (including phenoxy) is 1. The number of nitrogens with zero attached hydrogens (tertiary/aromatic N) is 4. The molecule has 5 rings (SSSR count). The van der Waals surface area contributed by atoms with Crippen LogP contribution in [0, 0.1) is 0 Å². The molecular formula is C23H22N4O3S. The number of hydrogen-bond donors (Lipinski definition) is 0. The molecule has 1 saturated heterocycles. The SMILES string of the molecule is O=C(CN1C(=O)COc2ccc(-c3csc(-c4ccccn4)n3)cc21)N1CCCCC1. The van der Waals surface area contributed by atoms with Crippen LogP contribution in [0.2, 0.25) is 0 Å². The van der Waals surface area contributed by atoms with E-state index in [-0.39, 0.29) is 25.0 Å². The van der Waals surface area contributed by atoms with Crippen LogP contribution >= 0.6 is 11.3 Å². The molecule has 4 heterocycles. The highest BCUT2D eigenvalue weighted by Gasteiger charge is 2.30. The highest BCUT2D eigenvalue weighted by atomic mass is 32.1. The lowest BCUT2D eigenvalue weighted by atomic mass is 10.1. The van der Waals surface area contributed by atoms with Gasteiger partial charge in [0, 0.05) is 30.2 Å². The van der Waals surface area contributed by atoms with Crippen molar-refractivity contribution in [1.29, 1.82) is 0 Å². The molecule has 0 radical (unpaired) electrons. The molecule has 1 fully saturated rings. The van der Waals surface area contributed by atoms with Crippen LogP contribution in [0.5, 0.6) is 5.75 Å². The fourth-order valence-corrected chi connectivity index (χ4v) is 4.73. The Bertz CT molecular complexity index is 1110.